The van der Waals surface area contributed by atoms with Crippen LogP contribution < -0.4 is 0 Å². The van der Waals surface area contributed by atoms with Gasteiger partial charge in [-0.1, -0.05) is 43.1 Å². The maximum atomic E-state index is 12.2. The van der Waals surface area contributed by atoms with Gasteiger partial charge in [-0.15, -0.1) is 0 Å². The van der Waals surface area contributed by atoms with Crippen molar-refractivity contribution in [1.82, 2.24) is 14.7 Å². The summed E-state index contributed by atoms with van der Waals surface area (Å²) in [5.74, 6) is 0.00820. The highest BCUT2D eigenvalue weighted by atomic mass is 35.5. The maximum absolute atomic E-state index is 12.2. The van der Waals surface area contributed by atoms with E-state index in [1.807, 2.05) is 31.3 Å². The molecule has 1 aromatic carbocycles. The van der Waals surface area contributed by atoms with Crippen molar-refractivity contribution in [3.63, 3.8) is 0 Å². The molecule has 0 fully saturated rings. The van der Waals surface area contributed by atoms with Gasteiger partial charge in [0.2, 0.25) is 0 Å². The molecule has 0 atom stereocenters. The summed E-state index contributed by atoms with van der Waals surface area (Å²) >= 11 is 6.13. The number of carbonyl (C=O) groups excluding carboxylic acids is 1. The highest BCUT2D eigenvalue weighted by molar-refractivity contribution is 6.31. The number of rotatable bonds is 6. The van der Waals surface area contributed by atoms with E-state index in [-0.39, 0.29) is 5.91 Å². The molecule has 1 amide bonds. The summed E-state index contributed by atoms with van der Waals surface area (Å²) in [7, 11) is 1.82. The van der Waals surface area contributed by atoms with Crippen molar-refractivity contribution in [2.75, 3.05) is 13.6 Å². The van der Waals surface area contributed by atoms with Crippen molar-refractivity contribution in [2.24, 2.45) is 0 Å². The molecule has 0 aliphatic heterocycles. The highest BCUT2D eigenvalue weighted by Gasteiger charge is 2.13. The predicted octanol–water partition coefficient (Wildman–Crippen LogP) is 3.46. The minimum absolute atomic E-state index is 0.00820. The quantitative estimate of drug-likeness (QED) is 0.820. The first-order valence-corrected chi connectivity index (χ1v) is 7.51. The van der Waals surface area contributed by atoms with E-state index in [0.717, 1.165) is 24.9 Å². The maximum Gasteiger partial charge on any atom is 0.256 e. The fourth-order valence-electron chi connectivity index (χ4n) is 2.08. The number of halogens is 1. The number of benzene rings is 1. The van der Waals surface area contributed by atoms with E-state index < -0.39 is 0 Å². The van der Waals surface area contributed by atoms with Crippen LogP contribution in [0.15, 0.2) is 36.7 Å². The molecule has 0 saturated heterocycles. The first-order chi connectivity index (χ1) is 10.1. The lowest BCUT2D eigenvalue weighted by Gasteiger charge is -2.15. The minimum atomic E-state index is 0.00820. The zero-order chi connectivity index (χ0) is 15.2. The topological polar surface area (TPSA) is 38.1 Å². The lowest BCUT2D eigenvalue weighted by Crippen LogP contribution is -2.27. The van der Waals surface area contributed by atoms with Crippen LogP contribution in [0.2, 0.25) is 5.02 Å². The second kappa shape index (κ2) is 7.27. The van der Waals surface area contributed by atoms with Crippen LogP contribution in [0.5, 0.6) is 0 Å². The molecule has 0 aliphatic carbocycles. The third-order valence-electron chi connectivity index (χ3n) is 3.36. The molecule has 21 heavy (non-hydrogen) atoms. The van der Waals surface area contributed by atoms with Crippen LogP contribution in [-0.2, 0) is 6.54 Å². The molecule has 1 aromatic heterocycles. The second-order valence-corrected chi connectivity index (χ2v) is 5.51. The van der Waals surface area contributed by atoms with Gasteiger partial charge in [0.1, 0.15) is 0 Å². The van der Waals surface area contributed by atoms with Gasteiger partial charge in [0.05, 0.1) is 18.3 Å². The average Bonchev–Trinajstić information content (AvgIpc) is 2.95. The van der Waals surface area contributed by atoms with E-state index in [1.165, 1.54) is 0 Å². The van der Waals surface area contributed by atoms with Gasteiger partial charge in [-0.25, -0.2) is 0 Å². The molecule has 4 nitrogen and oxygen atoms in total. The van der Waals surface area contributed by atoms with E-state index in [1.54, 1.807) is 22.0 Å². The minimum Gasteiger partial charge on any atom is -0.342 e. The molecule has 0 bridgehead atoms. The summed E-state index contributed by atoms with van der Waals surface area (Å²) in [4.78, 5) is 14.0. The molecule has 0 unspecified atom stereocenters. The third-order valence-corrected chi connectivity index (χ3v) is 3.73. The Morgan fingerprint density at radius 3 is 2.86 bits per heavy atom. The van der Waals surface area contributed by atoms with E-state index in [4.69, 9.17) is 11.6 Å². The SMILES string of the molecule is CCCCN(C)C(=O)c1cnn(Cc2ccccc2Cl)c1. The average molecular weight is 306 g/mol. The summed E-state index contributed by atoms with van der Waals surface area (Å²) in [5, 5.41) is 4.96. The van der Waals surface area contributed by atoms with Crippen LogP contribution in [-0.4, -0.2) is 34.2 Å². The molecule has 0 spiro atoms. The number of carbonyl (C=O) groups is 1. The molecule has 112 valence electrons. The van der Waals surface area contributed by atoms with Crippen LogP contribution in [0.4, 0.5) is 0 Å². The van der Waals surface area contributed by atoms with Crippen LogP contribution in [0.3, 0.4) is 0 Å². The number of unbranched alkanes of at least 4 members (excludes halogenated alkanes) is 1. The molecule has 0 saturated carbocycles. The van der Waals surface area contributed by atoms with E-state index in [9.17, 15) is 4.79 Å². The van der Waals surface area contributed by atoms with Crippen molar-refractivity contribution < 1.29 is 4.79 Å². The number of amides is 1. The number of hydrogen-bond acceptors (Lipinski definition) is 2. The fourth-order valence-corrected chi connectivity index (χ4v) is 2.27. The van der Waals surface area contributed by atoms with Gasteiger partial charge in [0.25, 0.3) is 5.91 Å². The highest BCUT2D eigenvalue weighted by Crippen LogP contribution is 2.16. The van der Waals surface area contributed by atoms with Gasteiger partial charge >= 0.3 is 0 Å². The van der Waals surface area contributed by atoms with Crippen molar-refractivity contribution in [1.29, 1.82) is 0 Å². The van der Waals surface area contributed by atoms with Crippen molar-refractivity contribution in [3.8, 4) is 0 Å². The monoisotopic (exact) mass is 305 g/mol. The van der Waals surface area contributed by atoms with Crippen LogP contribution >= 0.6 is 11.6 Å². The normalized spacial score (nSPS) is 10.6. The zero-order valence-electron chi connectivity index (χ0n) is 12.4. The van der Waals surface area contributed by atoms with Gasteiger partial charge in [-0.2, -0.15) is 5.10 Å². The summed E-state index contributed by atoms with van der Waals surface area (Å²) in [6.07, 6.45) is 5.47. The van der Waals surface area contributed by atoms with Gasteiger partial charge in [-0.3, -0.25) is 9.48 Å². The number of nitrogens with zero attached hydrogens (tertiary/aromatic N) is 3. The second-order valence-electron chi connectivity index (χ2n) is 5.10. The van der Waals surface area contributed by atoms with E-state index in [2.05, 4.69) is 12.0 Å². The molecular weight excluding hydrogens is 286 g/mol. The van der Waals surface area contributed by atoms with Crippen LogP contribution in [0.25, 0.3) is 0 Å². The summed E-state index contributed by atoms with van der Waals surface area (Å²) in [6.45, 7) is 3.44. The lowest BCUT2D eigenvalue weighted by atomic mass is 10.2. The molecule has 2 rings (SSSR count). The van der Waals surface area contributed by atoms with Gasteiger partial charge in [-0.05, 0) is 18.1 Å². The molecule has 0 aliphatic rings. The third kappa shape index (κ3) is 4.08. The van der Waals surface area contributed by atoms with Gasteiger partial charge in [0, 0.05) is 24.8 Å². The van der Waals surface area contributed by atoms with Crippen molar-refractivity contribution >= 4 is 17.5 Å². The Labute approximate surface area is 130 Å². The first-order valence-electron chi connectivity index (χ1n) is 7.13. The standard InChI is InChI=1S/C16H20ClN3O/c1-3-4-9-19(2)16(21)14-10-18-20(12-14)11-13-7-5-6-8-15(13)17/h5-8,10,12H,3-4,9,11H2,1-2H3. The fraction of sp³-hybridized carbons (Fsp3) is 0.375. The zero-order valence-corrected chi connectivity index (χ0v) is 13.2. The summed E-state index contributed by atoms with van der Waals surface area (Å²) in [6, 6.07) is 7.64. The number of aromatic nitrogens is 2. The lowest BCUT2D eigenvalue weighted by molar-refractivity contribution is 0.0793. The Hall–Kier alpha value is -1.81. The largest absolute Gasteiger partial charge is 0.342 e. The summed E-state index contributed by atoms with van der Waals surface area (Å²) < 4.78 is 1.74. The molecular formula is C16H20ClN3O. The van der Waals surface area contributed by atoms with Crippen LogP contribution in [0.1, 0.15) is 35.7 Å². The molecule has 2 aromatic rings. The molecule has 0 radical (unpaired) electrons. The Kier molecular flexibility index (Phi) is 5.39. The smallest absolute Gasteiger partial charge is 0.256 e. The Morgan fingerprint density at radius 1 is 1.38 bits per heavy atom. The first kappa shape index (κ1) is 15.6. The summed E-state index contributed by atoms with van der Waals surface area (Å²) in [5.41, 5.74) is 1.60. The van der Waals surface area contributed by atoms with Gasteiger partial charge < -0.3 is 4.90 Å². The van der Waals surface area contributed by atoms with E-state index >= 15 is 0 Å². The Bertz CT molecular complexity index is 609. The van der Waals surface area contributed by atoms with E-state index in [0.29, 0.717) is 17.1 Å². The molecule has 5 heteroatoms. The predicted molar refractivity (Wildman–Crippen MR) is 84.6 cm³/mol. The van der Waals surface area contributed by atoms with Crippen molar-refractivity contribution in [2.45, 2.75) is 26.3 Å². The van der Waals surface area contributed by atoms with Gasteiger partial charge in [0.15, 0.2) is 0 Å². The molecule has 0 N–H and O–H groups in total. The Morgan fingerprint density at radius 2 is 2.14 bits per heavy atom. The Balaban J connectivity index is 2.04. The molecule has 1 heterocycles. The van der Waals surface area contributed by atoms with Crippen molar-refractivity contribution in [3.05, 3.63) is 52.8 Å². The van der Waals surface area contributed by atoms with Crippen LogP contribution in [0, 0.1) is 0 Å². The number of hydrogen-bond donors (Lipinski definition) is 0.